The molecule has 0 unspecified atom stereocenters. The van der Waals surface area contributed by atoms with Crippen LogP contribution in [0.3, 0.4) is 0 Å². The average molecular weight is 469 g/mol. The number of anilines is 2. The van der Waals surface area contributed by atoms with Crippen molar-refractivity contribution < 1.29 is 28.6 Å². The lowest BCUT2D eigenvalue weighted by atomic mass is 10.1. The van der Waals surface area contributed by atoms with E-state index in [2.05, 4.69) is 10.6 Å². The van der Waals surface area contributed by atoms with E-state index in [1.54, 1.807) is 55.5 Å². The predicted octanol–water partition coefficient (Wildman–Crippen LogP) is 4.51. The van der Waals surface area contributed by atoms with E-state index in [1.165, 1.54) is 7.11 Å². The molecule has 2 aromatic carbocycles. The van der Waals surface area contributed by atoms with Gasteiger partial charge in [0.25, 0.3) is 11.8 Å². The topological polar surface area (TPSA) is 103 Å². The first kappa shape index (κ1) is 23.8. The fourth-order valence-electron chi connectivity index (χ4n) is 2.98. The third-order valence-electron chi connectivity index (χ3n) is 4.53. The van der Waals surface area contributed by atoms with Crippen LogP contribution in [-0.2, 0) is 9.53 Å². The maximum Gasteiger partial charge on any atom is 0.341 e. The third-order valence-corrected chi connectivity index (χ3v) is 5.74. The van der Waals surface area contributed by atoms with E-state index in [4.69, 9.17) is 14.2 Å². The van der Waals surface area contributed by atoms with Gasteiger partial charge in [0.1, 0.15) is 16.5 Å². The molecule has 172 valence electrons. The number of carbonyl (C=O) groups is 3. The van der Waals surface area contributed by atoms with Crippen LogP contribution in [0.2, 0.25) is 0 Å². The Hall–Kier alpha value is -3.85. The first-order valence-corrected chi connectivity index (χ1v) is 11.0. The van der Waals surface area contributed by atoms with Crippen molar-refractivity contribution in [3.63, 3.8) is 0 Å². The Morgan fingerprint density at radius 2 is 1.58 bits per heavy atom. The SMILES string of the molecule is CCOc1ccc(NC(=O)c2sc(NC(=O)COc3ccccc3)c(C(=O)OC)c2C)cc1. The Kier molecular flexibility index (Phi) is 8.04. The summed E-state index contributed by atoms with van der Waals surface area (Å²) in [6.07, 6.45) is 0. The molecule has 0 atom stereocenters. The zero-order valence-electron chi connectivity index (χ0n) is 18.5. The molecule has 1 aromatic heterocycles. The van der Waals surface area contributed by atoms with Gasteiger partial charge in [0.15, 0.2) is 6.61 Å². The van der Waals surface area contributed by atoms with Crippen LogP contribution in [0.25, 0.3) is 0 Å². The van der Waals surface area contributed by atoms with Crippen LogP contribution in [0.4, 0.5) is 10.7 Å². The highest BCUT2D eigenvalue weighted by Gasteiger charge is 2.26. The summed E-state index contributed by atoms with van der Waals surface area (Å²) in [4.78, 5) is 38.0. The highest BCUT2D eigenvalue weighted by molar-refractivity contribution is 7.18. The second kappa shape index (κ2) is 11.1. The van der Waals surface area contributed by atoms with Gasteiger partial charge >= 0.3 is 5.97 Å². The Morgan fingerprint density at radius 1 is 0.909 bits per heavy atom. The van der Waals surface area contributed by atoms with Crippen molar-refractivity contribution in [2.45, 2.75) is 13.8 Å². The summed E-state index contributed by atoms with van der Waals surface area (Å²) in [5, 5.41) is 5.67. The number of thiophene rings is 1. The Balaban J connectivity index is 1.76. The predicted molar refractivity (Wildman–Crippen MR) is 127 cm³/mol. The summed E-state index contributed by atoms with van der Waals surface area (Å²) >= 11 is 0.993. The molecule has 0 saturated heterocycles. The summed E-state index contributed by atoms with van der Waals surface area (Å²) in [7, 11) is 1.24. The molecule has 0 aliphatic rings. The minimum absolute atomic E-state index is 0.132. The highest BCUT2D eigenvalue weighted by atomic mass is 32.1. The van der Waals surface area contributed by atoms with E-state index in [0.29, 0.717) is 29.4 Å². The number of ether oxygens (including phenoxy) is 3. The number of nitrogens with one attached hydrogen (secondary N) is 2. The molecule has 3 rings (SSSR count). The monoisotopic (exact) mass is 468 g/mol. The number of methoxy groups -OCH3 is 1. The molecular formula is C24H24N2O6S. The fourth-order valence-corrected chi connectivity index (χ4v) is 4.09. The number of amides is 2. The van der Waals surface area contributed by atoms with Crippen molar-refractivity contribution in [1.29, 1.82) is 0 Å². The third kappa shape index (κ3) is 6.11. The van der Waals surface area contributed by atoms with Crippen LogP contribution in [0.5, 0.6) is 11.5 Å². The summed E-state index contributed by atoms with van der Waals surface area (Å²) in [5.41, 5.74) is 1.11. The van der Waals surface area contributed by atoms with Gasteiger partial charge in [-0.05, 0) is 55.8 Å². The molecular weight excluding hydrogens is 444 g/mol. The van der Waals surface area contributed by atoms with Crippen LogP contribution < -0.4 is 20.1 Å². The van der Waals surface area contributed by atoms with E-state index < -0.39 is 17.8 Å². The van der Waals surface area contributed by atoms with Crippen molar-refractivity contribution in [3.8, 4) is 11.5 Å². The lowest BCUT2D eigenvalue weighted by molar-refractivity contribution is -0.118. The molecule has 2 amide bonds. The average Bonchev–Trinajstić information content (AvgIpc) is 3.15. The molecule has 1 heterocycles. The van der Waals surface area contributed by atoms with Crippen molar-refractivity contribution in [2.75, 3.05) is 31.0 Å². The molecule has 8 nitrogen and oxygen atoms in total. The summed E-state index contributed by atoms with van der Waals surface area (Å²) in [6.45, 7) is 3.81. The fraction of sp³-hybridized carbons (Fsp3) is 0.208. The van der Waals surface area contributed by atoms with E-state index in [9.17, 15) is 14.4 Å². The standard InChI is InChI=1S/C24H24N2O6S/c1-4-31-18-12-10-16(11-13-18)25-22(28)21-15(2)20(24(29)30-3)23(33-21)26-19(27)14-32-17-8-6-5-7-9-17/h5-13H,4,14H2,1-3H3,(H,25,28)(H,26,27). The van der Waals surface area contributed by atoms with E-state index in [1.807, 2.05) is 13.0 Å². The number of rotatable bonds is 9. The van der Waals surface area contributed by atoms with Gasteiger partial charge in [-0.3, -0.25) is 9.59 Å². The number of benzene rings is 2. The van der Waals surface area contributed by atoms with E-state index in [0.717, 1.165) is 11.3 Å². The number of esters is 1. The quantitative estimate of drug-likeness (QED) is 0.448. The molecule has 33 heavy (non-hydrogen) atoms. The van der Waals surface area contributed by atoms with Crippen molar-refractivity contribution in [1.82, 2.24) is 0 Å². The van der Waals surface area contributed by atoms with Gasteiger partial charge < -0.3 is 24.8 Å². The molecule has 0 fully saturated rings. The van der Waals surface area contributed by atoms with E-state index in [-0.39, 0.29) is 22.0 Å². The molecule has 0 aliphatic carbocycles. The lowest BCUT2D eigenvalue weighted by Crippen LogP contribution is -2.21. The minimum Gasteiger partial charge on any atom is -0.494 e. The summed E-state index contributed by atoms with van der Waals surface area (Å²) < 4.78 is 15.7. The molecule has 0 radical (unpaired) electrons. The first-order valence-electron chi connectivity index (χ1n) is 10.2. The molecule has 9 heteroatoms. The van der Waals surface area contributed by atoms with Crippen LogP contribution in [-0.4, -0.2) is 38.1 Å². The van der Waals surface area contributed by atoms with Crippen molar-refractivity contribution in [3.05, 3.63) is 70.6 Å². The van der Waals surface area contributed by atoms with Crippen molar-refractivity contribution in [2.24, 2.45) is 0 Å². The molecule has 0 aliphatic heterocycles. The van der Waals surface area contributed by atoms with Gasteiger partial charge in [0.2, 0.25) is 0 Å². The Bertz CT molecular complexity index is 1130. The second-order valence-corrected chi connectivity index (χ2v) is 7.83. The van der Waals surface area contributed by atoms with E-state index >= 15 is 0 Å². The van der Waals surface area contributed by atoms with Crippen LogP contribution in [0.15, 0.2) is 54.6 Å². The zero-order valence-corrected chi connectivity index (χ0v) is 19.3. The van der Waals surface area contributed by atoms with Crippen LogP contribution >= 0.6 is 11.3 Å². The molecule has 2 N–H and O–H groups in total. The van der Waals surface area contributed by atoms with Gasteiger partial charge in [-0.25, -0.2) is 4.79 Å². The lowest BCUT2D eigenvalue weighted by Gasteiger charge is -2.07. The molecule has 0 bridgehead atoms. The molecule has 0 spiro atoms. The Labute approximate surface area is 195 Å². The first-order chi connectivity index (χ1) is 15.9. The number of carbonyl (C=O) groups excluding carboxylic acids is 3. The van der Waals surface area contributed by atoms with Gasteiger partial charge in [-0.1, -0.05) is 18.2 Å². The maximum absolute atomic E-state index is 12.9. The van der Waals surface area contributed by atoms with Crippen LogP contribution in [0, 0.1) is 6.92 Å². The highest BCUT2D eigenvalue weighted by Crippen LogP contribution is 2.34. The maximum atomic E-state index is 12.9. The minimum atomic E-state index is -0.650. The number of hydrogen-bond donors (Lipinski definition) is 2. The van der Waals surface area contributed by atoms with Gasteiger partial charge in [-0.15, -0.1) is 11.3 Å². The van der Waals surface area contributed by atoms with Crippen molar-refractivity contribution >= 4 is 39.8 Å². The number of hydrogen-bond acceptors (Lipinski definition) is 7. The van der Waals surface area contributed by atoms with Crippen LogP contribution in [0.1, 0.15) is 32.5 Å². The Morgan fingerprint density at radius 3 is 2.21 bits per heavy atom. The second-order valence-electron chi connectivity index (χ2n) is 6.81. The largest absolute Gasteiger partial charge is 0.494 e. The smallest absolute Gasteiger partial charge is 0.341 e. The summed E-state index contributed by atoms with van der Waals surface area (Å²) in [5.74, 6) is -0.295. The molecule has 3 aromatic rings. The number of para-hydroxylation sites is 1. The normalized spacial score (nSPS) is 10.3. The van der Waals surface area contributed by atoms with Gasteiger partial charge in [0.05, 0.1) is 24.2 Å². The van der Waals surface area contributed by atoms with Gasteiger partial charge in [0, 0.05) is 5.69 Å². The zero-order chi connectivity index (χ0) is 23.8. The summed E-state index contributed by atoms with van der Waals surface area (Å²) in [6, 6.07) is 15.8. The molecule has 0 saturated carbocycles. The van der Waals surface area contributed by atoms with Gasteiger partial charge in [-0.2, -0.15) is 0 Å².